The third-order valence-electron chi connectivity index (χ3n) is 3.42. The van der Waals surface area contributed by atoms with Crippen molar-refractivity contribution in [2.75, 3.05) is 11.9 Å². The Kier molecular flexibility index (Phi) is 4.42. The van der Waals surface area contributed by atoms with E-state index in [0.717, 1.165) is 31.4 Å². The molecule has 0 radical (unpaired) electrons. The molecule has 1 aliphatic rings. The molecular formula is C13H19N3O3S. The average Bonchev–Trinajstić information content (AvgIpc) is 2.41. The van der Waals surface area contributed by atoms with Crippen LogP contribution in [-0.2, 0) is 14.8 Å². The Hall–Kier alpha value is -1.44. The Morgan fingerprint density at radius 1 is 1.40 bits per heavy atom. The van der Waals surface area contributed by atoms with Gasteiger partial charge in [0.1, 0.15) is 0 Å². The second kappa shape index (κ2) is 5.90. The number of hydrogen-bond acceptors (Lipinski definition) is 4. The van der Waals surface area contributed by atoms with Crippen molar-refractivity contribution >= 4 is 21.6 Å². The maximum absolute atomic E-state index is 12.1. The first kappa shape index (κ1) is 15.0. The van der Waals surface area contributed by atoms with E-state index >= 15 is 0 Å². The Bertz CT molecular complexity index is 607. The van der Waals surface area contributed by atoms with E-state index in [4.69, 9.17) is 5.14 Å². The summed E-state index contributed by atoms with van der Waals surface area (Å²) in [7, 11) is -3.77. The topological polar surface area (TPSA) is 101 Å². The fraction of sp³-hybridized carbons (Fsp3) is 0.462. The summed E-state index contributed by atoms with van der Waals surface area (Å²) in [5.41, 5.74) is 1.27. The zero-order valence-electron chi connectivity index (χ0n) is 11.3. The molecule has 1 amide bonds. The molecule has 0 saturated carbocycles. The summed E-state index contributed by atoms with van der Waals surface area (Å²) in [6, 6.07) is 4.23. The minimum absolute atomic E-state index is 0.00463. The van der Waals surface area contributed by atoms with Gasteiger partial charge in [-0.3, -0.25) is 4.79 Å². The molecule has 20 heavy (non-hydrogen) atoms. The van der Waals surface area contributed by atoms with Gasteiger partial charge < -0.3 is 10.6 Å². The lowest BCUT2D eigenvalue weighted by Gasteiger charge is -2.23. The second-order valence-electron chi connectivity index (χ2n) is 5.01. The van der Waals surface area contributed by atoms with Crippen molar-refractivity contribution < 1.29 is 13.2 Å². The van der Waals surface area contributed by atoms with Crippen molar-refractivity contribution in [3.8, 4) is 0 Å². The first-order chi connectivity index (χ1) is 9.38. The van der Waals surface area contributed by atoms with Gasteiger partial charge in [0, 0.05) is 5.69 Å². The monoisotopic (exact) mass is 297 g/mol. The second-order valence-corrected chi connectivity index (χ2v) is 6.57. The van der Waals surface area contributed by atoms with Crippen LogP contribution >= 0.6 is 0 Å². The Morgan fingerprint density at radius 2 is 2.15 bits per heavy atom. The Balaban J connectivity index is 2.18. The summed E-state index contributed by atoms with van der Waals surface area (Å²) in [4.78, 5) is 12.1. The lowest BCUT2D eigenvalue weighted by atomic mass is 10.0. The predicted molar refractivity (Wildman–Crippen MR) is 76.8 cm³/mol. The van der Waals surface area contributed by atoms with Crippen LogP contribution in [0.25, 0.3) is 0 Å². The average molecular weight is 297 g/mol. The predicted octanol–water partition coefficient (Wildman–Crippen LogP) is 0.723. The highest BCUT2D eigenvalue weighted by molar-refractivity contribution is 7.89. The third-order valence-corrected chi connectivity index (χ3v) is 4.33. The summed E-state index contributed by atoms with van der Waals surface area (Å²) in [5, 5.41) is 11.0. The fourth-order valence-electron chi connectivity index (χ4n) is 2.21. The van der Waals surface area contributed by atoms with E-state index in [1.54, 1.807) is 13.0 Å². The molecule has 1 saturated heterocycles. The van der Waals surface area contributed by atoms with Gasteiger partial charge >= 0.3 is 0 Å². The Morgan fingerprint density at radius 3 is 2.75 bits per heavy atom. The summed E-state index contributed by atoms with van der Waals surface area (Å²) in [6.45, 7) is 2.63. The molecular weight excluding hydrogens is 278 g/mol. The van der Waals surface area contributed by atoms with Crippen LogP contribution in [-0.4, -0.2) is 26.9 Å². The third kappa shape index (κ3) is 3.56. The van der Waals surface area contributed by atoms with Crippen molar-refractivity contribution in [2.45, 2.75) is 37.1 Å². The van der Waals surface area contributed by atoms with E-state index in [1.807, 2.05) is 0 Å². The van der Waals surface area contributed by atoms with Crippen molar-refractivity contribution in [3.05, 3.63) is 23.8 Å². The summed E-state index contributed by atoms with van der Waals surface area (Å²) >= 11 is 0. The highest BCUT2D eigenvalue weighted by Crippen LogP contribution is 2.20. The van der Waals surface area contributed by atoms with Crippen molar-refractivity contribution in [1.29, 1.82) is 0 Å². The first-order valence-corrected chi connectivity index (χ1v) is 8.10. The lowest BCUT2D eigenvalue weighted by molar-refractivity contribution is -0.118. The molecule has 2 rings (SSSR count). The number of carbonyl (C=O) groups excluding carboxylic acids is 1. The number of primary sulfonamides is 1. The van der Waals surface area contributed by atoms with Crippen LogP contribution in [0.1, 0.15) is 24.8 Å². The van der Waals surface area contributed by atoms with Gasteiger partial charge in [0.2, 0.25) is 15.9 Å². The summed E-state index contributed by atoms with van der Waals surface area (Å²) in [5.74, 6) is -0.139. The van der Waals surface area contributed by atoms with Gasteiger partial charge in [0.25, 0.3) is 0 Å². The van der Waals surface area contributed by atoms with Gasteiger partial charge in [-0.1, -0.05) is 12.5 Å². The van der Waals surface area contributed by atoms with Crippen LogP contribution < -0.4 is 15.8 Å². The fourth-order valence-corrected chi connectivity index (χ4v) is 2.75. The van der Waals surface area contributed by atoms with E-state index in [9.17, 15) is 13.2 Å². The number of rotatable bonds is 3. The van der Waals surface area contributed by atoms with E-state index in [1.165, 1.54) is 12.1 Å². The molecule has 0 bridgehead atoms. The van der Waals surface area contributed by atoms with Crippen LogP contribution in [0.5, 0.6) is 0 Å². The van der Waals surface area contributed by atoms with Crippen LogP contribution in [0.2, 0.25) is 0 Å². The minimum Gasteiger partial charge on any atom is -0.324 e. The van der Waals surface area contributed by atoms with Gasteiger partial charge in [0.05, 0.1) is 10.9 Å². The van der Waals surface area contributed by atoms with E-state index in [2.05, 4.69) is 10.6 Å². The van der Waals surface area contributed by atoms with Gasteiger partial charge in [-0.2, -0.15) is 0 Å². The highest BCUT2D eigenvalue weighted by atomic mass is 32.2. The number of piperidine rings is 1. The molecule has 1 aromatic rings. The highest BCUT2D eigenvalue weighted by Gasteiger charge is 2.21. The maximum atomic E-state index is 12.1. The zero-order valence-corrected chi connectivity index (χ0v) is 12.2. The Labute approximate surface area is 118 Å². The first-order valence-electron chi connectivity index (χ1n) is 6.55. The number of nitrogens with two attached hydrogens (primary N) is 1. The number of anilines is 1. The number of aryl methyl sites for hydroxylation is 1. The number of benzene rings is 1. The number of carbonyl (C=O) groups is 1. The van der Waals surface area contributed by atoms with Crippen molar-refractivity contribution in [2.24, 2.45) is 5.14 Å². The molecule has 110 valence electrons. The minimum atomic E-state index is -3.77. The largest absolute Gasteiger partial charge is 0.324 e. The molecule has 0 aliphatic carbocycles. The van der Waals surface area contributed by atoms with Crippen LogP contribution in [0.3, 0.4) is 0 Å². The van der Waals surface area contributed by atoms with E-state index in [0.29, 0.717) is 5.69 Å². The zero-order chi connectivity index (χ0) is 14.8. The molecule has 0 spiro atoms. The van der Waals surface area contributed by atoms with Gasteiger partial charge in [-0.25, -0.2) is 13.6 Å². The molecule has 1 unspecified atom stereocenters. The molecule has 1 aliphatic heterocycles. The quantitative estimate of drug-likeness (QED) is 0.765. The van der Waals surface area contributed by atoms with Crippen molar-refractivity contribution in [3.63, 3.8) is 0 Å². The van der Waals surface area contributed by atoms with Crippen LogP contribution in [0, 0.1) is 6.92 Å². The van der Waals surface area contributed by atoms with Gasteiger partial charge in [-0.15, -0.1) is 0 Å². The van der Waals surface area contributed by atoms with Crippen LogP contribution in [0.15, 0.2) is 23.1 Å². The van der Waals surface area contributed by atoms with E-state index < -0.39 is 10.0 Å². The summed E-state index contributed by atoms with van der Waals surface area (Å²) < 4.78 is 22.7. The molecule has 1 fully saturated rings. The maximum Gasteiger partial charge on any atom is 0.241 e. The van der Waals surface area contributed by atoms with Gasteiger partial charge in [-0.05, 0) is 44.0 Å². The van der Waals surface area contributed by atoms with E-state index in [-0.39, 0.29) is 16.8 Å². The molecule has 7 heteroatoms. The molecule has 1 atom stereocenters. The SMILES string of the molecule is Cc1ccc(S(N)(=O)=O)cc1NC(=O)C1CCCCN1. The molecule has 6 nitrogen and oxygen atoms in total. The number of amides is 1. The summed E-state index contributed by atoms with van der Waals surface area (Å²) in [6.07, 6.45) is 2.88. The molecule has 0 aromatic heterocycles. The molecule has 1 heterocycles. The number of nitrogens with one attached hydrogen (secondary N) is 2. The standard InChI is InChI=1S/C13H19N3O3S/c1-9-5-6-10(20(14,18)19)8-12(9)16-13(17)11-4-2-3-7-15-11/h5-6,8,11,15H,2-4,7H2,1H3,(H,16,17)(H2,14,18,19). The molecule has 4 N–H and O–H groups in total. The van der Waals surface area contributed by atoms with Crippen molar-refractivity contribution in [1.82, 2.24) is 5.32 Å². The van der Waals surface area contributed by atoms with Gasteiger partial charge in [0.15, 0.2) is 0 Å². The normalized spacial score (nSPS) is 19.6. The number of sulfonamides is 1. The number of hydrogen-bond donors (Lipinski definition) is 3. The molecule has 1 aromatic carbocycles. The lowest BCUT2D eigenvalue weighted by Crippen LogP contribution is -2.43. The van der Waals surface area contributed by atoms with Crippen LogP contribution in [0.4, 0.5) is 5.69 Å². The smallest absolute Gasteiger partial charge is 0.241 e.